The molecule has 0 amide bonds. The summed E-state index contributed by atoms with van der Waals surface area (Å²) in [5, 5.41) is 19.4. The quantitative estimate of drug-likeness (QED) is 0.595. The van der Waals surface area contributed by atoms with Crippen molar-refractivity contribution >= 4 is 27.7 Å². The maximum absolute atomic E-state index is 9.17. The Morgan fingerprint density at radius 1 is 1.55 bits per heavy atom. The van der Waals surface area contributed by atoms with Gasteiger partial charge in [0.2, 0.25) is 0 Å². The Bertz CT molecular complexity index is 308. The van der Waals surface area contributed by atoms with Gasteiger partial charge in [0.1, 0.15) is 11.2 Å². The van der Waals surface area contributed by atoms with Crippen molar-refractivity contribution in [2.24, 2.45) is 0 Å². The molecule has 0 spiro atoms. The summed E-state index contributed by atoms with van der Waals surface area (Å²) in [5.74, 6) is 0.139. The topological polar surface area (TPSA) is 44.0 Å². The van der Waals surface area contributed by atoms with Gasteiger partial charge < -0.3 is 5.11 Å². The molecule has 0 aliphatic heterocycles. The second-order valence-electron chi connectivity index (χ2n) is 1.81. The van der Waals surface area contributed by atoms with Crippen LogP contribution in [0.2, 0.25) is 0 Å². The number of rotatable bonds is 1. The Morgan fingerprint density at radius 2 is 2.27 bits per heavy atom. The molecule has 0 atom stereocenters. The Labute approximate surface area is 77.0 Å². The van der Waals surface area contributed by atoms with Crippen LogP contribution in [0.25, 0.3) is 0 Å². The summed E-state index contributed by atoms with van der Waals surface area (Å²) in [6, 6.07) is 4.96. The van der Waals surface area contributed by atoms with Crippen LogP contribution in [0.15, 0.2) is 27.6 Å². The van der Waals surface area contributed by atoms with Crippen LogP contribution in [0.4, 0.5) is 0 Å². The summed E-state index contributed by atoms with van der Waals surface area (Å²) in [5.41, 5.74) is 0. The molecule has 0 aromatic heterocycles. The minimum atomic E-state index is 0.139. The van der Waals surface area contributed by atoms with Crippen molar-refractivity contribution in [1.29, 1.82) is 5.26 Å². The first-order valence-corrected chi connectivity index (χ1v) is 4.39. The molecule has 0 radical (unpaired) electrons. The molecule has 0 aliphatic rings. The van der Waals surface area contributed by atoms with Gasteiger partial charge in [0, 0.05) is 4.47 Å². The van der Waals surface area contributed by atoms with Crippen LogP contribution < -0.4 is 0 Å². The van der Waals surface area contributed by atoms with Gasteiger partial charge in [-0.3, -0.25) is 0 Å². The van der Waals surface area contributed by atoms with Crippen LogP contribution in [-0.4, -0.2) is 5.11 Å². The number of aromatic hydroxyl groups is 1. The number of phenolic OH excluding ortho intramolecular Hbond substituents is 1. The highest BCUT2D eigenvalue weighted by atomic mass is 79.9. The number of thiocyanates is 1. The molecule has 1 aromatic rings. The number of halogens is 1. The molecule has 0 bridgehead atoms. The minimum absolute atomic E-state index is 0.139. The molecule has 1 rings (SSSR count). The first kappa shape index (κ1) is 8.44. The zero-order valence-corrected chi connectivity index (χ0v) is 7.82. The molecule has 0 heterocycles. The Hall–Kier alpha value is -0.660. The molecular formula is C7H4BrNOS. The van der Waals surface area contributed by atoms with Gasteiger partial charge in [-0.25, -0.2) is 0 Å². The van der Waals surface area contributed by atoms with Crippen LogP contribution in [0, 0.1) is 10.7 Å². The van der Waals surface area contributed by atoms with Crippen LogP contribution in [-0.2, 0) is 0 Å². The van der Waals surface area contributed by atoms with Crippen molar-refractivity contribution in [3.8, 4) is 11.2 Å². The largest absolute Gasteiger partial charge is 0.507 e. The highest BCUT2D eigenvalue weighted by molar-refractivity contribution is 9.10. The number of nitriles is 1. The second-order valence-corrected chi connectivity index (χ2v) is 3.55. The molecular weight excluding hydrogens is 226 g/mol. The molecule has 1 aromatic carbocycles. The highest BCUT2D eigenvalue weighted by Gasteiger charge is 2.00. The Morgan fingerprint density at radius 3 is 2.91 bits per heavy atom. The number of benzene rings is 1. The van der Waals surface area contributed by atoms with Crippen molar-refractivity contribution in [2.45, 2.75) is 4.90 Å². The fraction of sp³-hybridized carbons (Fsp3) is 0. The van der Waals surface area contributed by atoms with Crippen molar-refractivity contribution < 1.29 is 5.11 Å². The highest BCUT2D eigenvalue weighted by Crippen LogP contribution is 2.30. The van der Waals surface area contributed by atoms with E-state index >= 15 is 0 Å². The van der Waals surface area contributed by atoms with E-state index in [1.807, 2.05) is 5.40 Å². The zero-order chi connectivity index (χ0) is 8.27. The molecule has 1 N–H and O–H groups in total. The number of hydrogen-bond donors (Lipinski definition) is 1. The van der Waals surface area contributed by atoms with Crippen LogP contribution in [0.3, 0.4) is 0 Å². The normalized spacial score (nSPS) is 9.09. The van der Waals surface area contributed by atoms with Gasteiger partial charge in [0.15, 0.2) is 0 Å². The zero-order valence-electron chi connectivity index (χ0n) is 5.41. The summed E-state index contributed by atoms with van der Waals surface area (Å²) < 4.78 is 0.855. The Kier molecular flexibility index (Phi) is 2.80. The molecule has 0 unspecified atom stereocenters. The van der Waals surface area contributed by atoms with E-state index in [9.17, 15) is 5.11 Å². The molecule has 0 saturated heterocycles. The van der Waals surface area contributed by atoms with E-state index in [0.717, 1.165) is 16.2 Å². The number of phenols is 1. The van der Waals surface area contributed by atoms with E-state index in [0.29, 0.717) is 4.90 Å². The van der Waals surface area contributed by atoms with Gasteiger partial charge in [0.25, 0.3) is 0 Å². The van der Waals surface area contributed by atoms with Crippen molar-refractivity contribution in [1.82, 2.24) is 0 Å². The first-order valence-electron chi connectivity index (χ1n) is 2.78. The second kappa shape index (κ2) is 3.65. The molecule has 56 valence electrons. The average molecular weight is 230 g/mol. The van der Waals surface area contributed by atoms with Crippen LogP contribution >= 0.6 is 27.7 Å². The fourth-order valence-corrected chi connectivity index (χ4v) is 1.59. The maximum Gasteiger partial charge on any atom is 0.138 e. The van der Waals surface area contributed by atoms with E-state index in [-0.39, 0.29) is 5.75 Å². The number of hydrogen-bond acceptors (Lipinski definition) is 3. The van der Waals surface area contributed by atoms with E-state index in [4.69, 9.17) is 5.26 Å². The van der Waals surface area contributed by atoms with E-state index in [2.05, 4.69) is 15.9 Å². The van der Waals surface area contributed by atoms with Gasteiger partial charge in [-0.2, -0.15) is 5.26 Å². The summed E-state index contributed by atoms with van der Waals surface area (Å²) in [6.45, 7) is 0. The third-order valence-corrected chi connectivity index (χ3v) is 2.21. The lowest BCUT2D eigenvalue weighted by molar-refractivity contribution is 0.462. The van der Waals surface area contributed by atoms with Crippen molar-refractivity contribution in [3.63, 3.8) is 0 Å². The summed E-state index contributed by atoms with van der Waals surface area (Å²) in [7, 11) is 0. The Balaban J connectivity index is 3.05. The SMILES string of the molecule is N#CSc1cc(Br)ccc1O. The predicted molar refractivity (Wildman–Crippen MR) is 47.3 cm³/mol. The molecule has 0 aliphatic carbocycles. The van der Waals surface area contributed by atoms with Crippen LogP contribution in [0.5, 0.6) is 5.75 Å². The maximum atomic E-state index is 9.17. The van der Waals surface area contributed by atoms with E-state index in [1.54, 1.807) is 18.2 Å². The fourth-order valence-electron chi connectivity index (χ4n) is 0.619. The molecule has 11 heavy (non-hydrogen) atoms. The van der Waals surface area contributed by atoms with Gasteiger partial charge in [-0.1, -0.05) is 15.9 Å². The van der Waals surface area contributed by atoms with Gasteiger partial charge in [-0.05, 0) is 30.0 Å². The van der Waals surface area contributed by atoms with E-state index < -0.39 is 0 Å². The molecule has 2 nitrogen and oxygen atoms in total. The van der Waals surface area contributed by atoms with Crippen LogP contribution in [0.1, 0.15) is 0 Å². The summed E-state index contributed by atoms with van der Waals surface area (Å²) >= 11 is 4.17. The molecule has 0 fully saturated rings. The molecule has 0 saturated carbocycles. The van der Waals surface area contributed by atoms with Gasteiger partial charge >= 0.3 is 0 Å². The monoisotopic (exact) mass is 229 g/mol. The third kappa shape index (κ3) is 2.14. The van der Waals surface area contributed by atoms with Crippen molar-refractivity contribution in [3.05, 3.63) is 22.7 Å². The number of thioether (sulfide) groups is 1. The standard InChI is InChI=1S/C7H4BrNOS/c8-5-1-2-6(10)7(3-5)11-4-9/h1-3,10H. The predicted octanol–water partition coefficient (Wildman–Crippen LogP) is 2.73. The minimum Gasteiger partial charge on any atom is -0.507 e. The van der Waals surface area contributed by atoms with Gasteiger partial charge in [0.05, 0.1) is 4.90 Å². The number of nitrogens with zero attached hydrogens (tertiary/aromatic N) is 1. The summed E-state index contributed by atoms with van der Waals surface area (Å²) in [4.78, 5) is 0.571. The smallest absolute Gasteiger partial charge is 0.138 e. The van der Waals surface area contributed by atoms with Gasteiger partial charge in [-0.15, -0.1) is 0 Å². The lowest BCUT2D eigenvalue weighted by Gasteiger charge is -1.97. The lowest BCUT2D eigenvalue weighted by Crippen LogP contribution is -1.71. The van der Waals surface area contributed by atoms with E-state index in [1.165, 1.54) is 0 Å². The first-order chi connectivity index (χ1) is 5.24. The third-order valence-electron chi connectivity index (χ3n) is 1.08. The summed E-state index contributed by atoms with van der Waals surface area (Å²) in [6.07, 6.45) is 0. The lowest BCUT2D eigenvalue weighted by atomic mass is 10.3. The average Bonchev–Trinajstić information content (AvgIpc) is 1.98. The molecule has 4 heteroatoms. The van der Waals surface area contributed by atoms with Crippen molar-refractivity contribution in [2.75, 3.05) is 0 Å².